The van der Waals surface area contributed by atoms with Gasteiger partial charge < -0.3 is 30.2 Å². The number of hydrogen-bond acceptors (Lipinski definition) is 6. The molecule has 10 heteroatoms. The molecule has 0 aliphatic carbocycles. The van der Waals surface area contributed by atoms with Crippen LogP contribution < -0.4 is 10.6 Å². The number of nitrogens with zero attached hydrogens (tertiary/aromatic N) is 3. The van der Waals surface area contributed by atoms with E-state index < -0.39 is 12.1 Å². The van der Waals surface area contributed by atoms with E-state index in [0.29, 0.717) is 29.9 Å². The first-order chi connectivity index (χ1) is 20.7. The van der Waals surface area contributed by atoms with E-state index in [-0.39, 0.29) is 23.9 Å². The standard InChI is InChI=1S/C33H39N7O3/c1-20(2)29(39-33(42)43-5)32(41)40-19-22(4)15-28(40)31-36-18-26(38-31)13-11-24-8-6-23(7-9-24)10-12-25-17-35-30(37-25)27-14-21(3)16-34-27/h6-9,17-18,20-22,27-29,34H,14-16,19H2,1-5H3,(H,35,37)(H,36,38)(H,39,42)/t21-,22-,27-,28-,29-/m0/s1. The van der Waals surface area contributed by atoms with E-state index in [9.17, 15) is 9.59 Å². The Morgan fingerprint density at radius 1 is 0.930 bits per heavy atom. The summed E-state index contributed by atoms with van der Waals surface area (Å²) in [6.07, 6.45) is 4.71. The van der Waals surface area contributed by atoms with Crippen molar-refractivity contribution in [2.75, 3.05) is 20.2 Å². The van der Waals surface area contributed by atoms with E-state index in [2.05, 4.69) is 68.1 Å². The third kappa shape index (κ3) is 7.28. The number of aromatic nitrogens is 4. The number of carbonyl (C=O) groups is 2. The highest BCUT2D eigenvalue weighted by Gasteiger charge is 2.40. The molecule has 0 saturated carbocycles. The van der Waals surface area contributed by atoms with Crippen molar-refractivity contribution in [2.24, 2.45) is 17.8 Å². The second-order valence-electron chi connectivity index (χ2n) is 11.9. The summed E-state index contributed by atoms with van der Waals surface area (Å²) >= 11 is 0. The number of hydrogen-bond donors (Lipinski definition) is 4. The van der Waals surface area contributed by atoms with Gasteiger partial charge in [0.1, 0.15) is 29.1 Å². The highest BCUT2D eigenvalue weighted by Crippen LogP contribution is 2.35. The van der Waals surface area contributed by atoms with Gasteiger partial charge in [0, 0.05) is 17.7 Å². The number of benzene rings is 1. The normalized spacial score (nSPS) is 22.0. The van der Waals surface area contributed by atoms with Gasteiger partial charge in [-0.15, -0.1) is 0 Å². The van der Waals surface area contributed by atoms with E-state index in [4.69, 9.17) is 4.74 Å². The number of H-pyrrole nitrogens is 2. The van der Waals surface area contributed by atoms with Crippen LogP contribution in [0, 0.1) is 41.4 Å². The molecule has 2 amide bonds. The summed E-state index contributed by atoms with van der Waals surface area (Å²) in [4.78, 5) is 42.8. The number of nitrogens with one attached hydrogen (secondary N) is 4. The Morgan fingerprint density at radius 3 is 2.09 bits per heavy atom. The molecule has 0 unspecified atom stereocenters. The maximum atomic E-state index is 13.5. The van der Waals surface area contributed by atoms with E-state index in [1.54, 1.807) is 17.3 Å². The van der Waals surface area contributed by atoms with Crippen molar-refractivity contribution in [3.05, 3.63) is 70.8 Å². The first-order valence-corrected chi connectivity index (χ1v) is 14.8. The lowest BCUT2D eigenvalue weighted by atomic mass is 10.0. The molecule has 4 N–H and O–H groups in total. The van der Waals surface area contributed by atoms with Gasteiger partial charge in [0.2, 0.25) is 5.91 Å². The zero-order chi connectivity index (χ0) is 30.5. The van der Waals surface area contributed by atoms with Gasteiger partial charge in [0.05, 0.1) is 31.6 Å². The number of amides is 2. The van der Waals surface area contributed by atoms with Crippen LogP contribution in [0.3, 0.4) is 0 Å². The molecular formula is C33H39N7O3. The molecule has 5 atom stereocenters. The first-order valence-electron chi connectivity index (χ1n) is 14.8. The van der Waals surface area contributed by atoms with Crippen LogP contribution in [0.15, 0.2) is 36.7 Å². The smallest absolute Gasteiger partial charge is 0.407 e. The van der Waals surface area contributed by atoms with Crippen LogP contribution in [0.2, 0.25) is 0 Å². The van der Waals surface area contributed by atoms with Crippen LogP contribution in [0.25, 0.3) is 0 Å². The number of imidazole rings is 2. The molecule has 4 heterocycles. The zero-order valence-corrected chi connectivity index (χ0v) is 25.3. The van der Waals surface area contributed by atoms with Gasteiger partial charge in [-0.05, 0) is 73.2 Å². The van der Waals surface area contributed by atoms with Crippen molar-refractivity contribution < 1.29 is 14.3 Å². The molecule has 43 heavy (non-hydrogen) atoms. The predicted octanol–water partition coefficient (Wildman–Crippen LogP) is 3.89. The Balaban J connectivity index is 1.23. The molecule has 2 aliphatic heterocycles. The molecule has 5 rings (SSSR count). The van der Waals surface area contributed by atoms with Gasteiger partial charge in [-0.2, -0.15) is 0 Å². The molecule has 3 aromatic rings. The van der Waals surface area contributed by atoms with Gasteiger partial charge in [0.15, 0.2) is 0 Å². The van der Waals surface area contributed by atoms with Crippen LogP contribution in [-0.2, 0) is 9.53 Å². The number of likely N-dealkylation sites (tertiary alicyclic amines) is 1. The lowest BCUT2D eigenvalue weighted by molar-refractivity contribution is -0.135. The maximum absolute atomic E-state index is 13.5. The average molecular weight is 582 g/mol. The topological polar surface area (TPSA) is 128 Å². The minimum absolute atomic E-state index is 0.0972. The number of rotatable bonds is 5. The van der Waals surface area contributed by atoms with Crippen LogP contribution in [-0.4, -0.2) is 63.1 Å². The summed E-state index contributed by atoms with van der Waals surface area (Å²) in [5.74, 6) is 15.0. The van der Waals surface area contributed by atoms with Crippen LogP contribution >= 0.6 is 0 Å². The zero-order valence-electron chi connectivity index (χ0n) is 25.3. The molecule has 2 saturated heterocycles. The van der Waals surface area contributed by atoms with Crippen molar-refractivity contribution in [3.63, 3.8) is 0 Å². The number of alkyl carbamates (subject to hydrolysis) is 1. The third-order valence-electron chi connectivity index (χ3n) is 7.94. The molecule has 2 aromatic heterocycles. The van der Waals surface area contributed by atoms with Crippen molar-refractivity contribution in [1.82, 2.24) is 35.5 Å². The van der Waals surface area contributed by atoms with Gasteiger partial charge in [0.25, 0.3) is 0 Å². The number of aromatic amines is 2. The van der Waals surface area contributed by atoms with Crippen molar-refractivity contribution in [2.45, 2.75) is 58.7 Å². The minimum atomic E-state index is -0.683. The largest absolute Gasteiger partial charge is 0.453 e. The number of methoxy groups -OCH3 is 1. The average Bonchev–Trinajstić information content (AvgIpc) is 3.81. The Morgan fingerprint density at radius 2 is 1.53 bits per heavy atom. The predicted molar refractivity (Wildman–Crippen MR) is 163 cm³/mol. The SMILES string of the molecule is COC(=O)N[C@H](C(=O)N1C[C@@H](C)C[C@H]1c1ncc(C#Cc2ccc(C#Cc3cnc([C@@H]4C[C@H](C)CN4)[nH]3)cc2)[nH]1)C(C)C. The molecule has 0 bridgehead atoms. The Kier molecular flexibility index (Phi) is 9.18. The van der Waals surface area contributed by atoms with Crippen molar-refractivity contribution in [1.29, 1.82) is 0 Å². The maximum Gasteiger partial charge on any atom is 0.407 e. The molecule has 0 radical (unpaired) electrons. The highest BCUT2D eigenvalue weighted by atomic mass is 16.5. The molecule has 10 nitrogen and oxygen atoms in total. The fourth-order valence-electron chi connectivity index (χ4n) is 5.61. The second kappa shape index (κ2) is 13.2. The van der Waals surface area contributed by atoms with Crippen molar-refractivity contribution >= 4 is 12.0 Å². The highest BCUT2D eigenvalue weighted by molar-refractivity contribution is 5.86. The molecule has 0 spiro atoms. The lowest BCUT2D eigenvalue weighted by Crippen LogP contribution is -2.51. The van der Waals surface area contributed by atoms with E-state index >= 15 is 0 Å². The van der Waals surface area contributed by atoms with E-state index in [1.165, 1.54) is 7.11 Å². The summed E-state index contributed by atoms with van der Waals surface area (Å²) in [5, 5.41) is 6.17. The summed E-state index contributed by atoms with van der Waals surface area (Å²) in [7, 11) is 1.29. The lowest BCUT2D eigenvalue weighted by Gasteiger charge is -2.30. The van der Waals surface area contributed by atoms with Gasteiger partial charge in [-0.25, -0.2) is 14.8 Å². The first kappa shape index (κ1) is 29.9. The van der Waals surface area contributed by atoms with Gasteiger partial charge in [-0.3, -0.25) is 4.79 Å². The monoisotopic (exact) mass is 581 g/mol. The van der Waals surface area contributed by atoms with E-state index in [1.807, 2.05) is 38.1 Å². The summed E-state index contributed by atoms with van der Waals surface area (Å²) < 4.78 is 4.73. The fourth-order valence-corrected chi connectivity index (χ4v) is 5.61. The van der Waals surface area contributed by atoms with E-state index in [0.717, 1.165) is 42.0 Å². The van der Waals surface area contributed by atoms with Gasteiger partial charge in [-0.1, -0.05) is 39.5 Å². The quantitative estimate of drug-likeness (QED) is 0.339. The van der Waals surface area contributed by atoms with Crippen molar-refractivity contribution in [3.8, 4) is 23.7 Å². The molecule has 2 aliphatic rings. The molecule has 2 fully saturated rings. The Bertz CT molecular complexity index is 1570. The molecule has 1 aromatic carbocycles. The third-order valence-corrected chi connectivity index (χ3v) is 7.94. The summed E-state index contributed by atoms with van der Waals surface area (Å²) in [6.45, 7) is 9.75. The number of ether oxygens (including phenoxy) is 1. The second-order valence-corrected chi connectivity index (χ2v) is 11.9. The Labute approximate surface area is 252 Å². The van der Waals surface area contributed by atoms with Crippen LogP contribution in [0.4, 0.5) is 4.79 Å². The summed E-state index contributed by atoms with van der Waals surface area (Å²) in [5.41, 5.74) is 3.21. The van der Waals surface area contributed by atoms with Crippen LogP contribution in [0.1, 0.15) is 86.8 Å². The van der Waals surface area contributed by atoms with Gasteiger partial charge >= 0.3 is 6.09 Å². The number of carbonyl (C=O) groups excluding carboxylic acids is 2. The minimum Gasteiger partial charge on any atom is -0.453 e. The molecular weight excluding hydrogens is 542 g/mol. The van der Waals surface area contributed by atoms with Crippen LogP contribution in [0.5, 0.6) is 0 Å². The summed E-state index contributed by atoms with van der Waals surface area (Å²) in [6, 6.07) is 7.14. The fraction of sp³-hybridized carbons (Fsp3) is 0.455. The Hall–Kier alpha value is -4.54. The molecule has 224 valence electrons.